The number of rotatable bonds is 8. The van der Waals surface area contributed by atoms with E-state index in [9.17, 15) is 8.42 Å². The van der Waals surface area contributed by atoms with Crippen LogP contribution < -0.4 is 4.72 Å². The topological polar surface area (TPSA) is 58.5 Å². The Bertz CT molecular complexity index is 1160. The van der Waals surface area contributed by atoms with Crippen molar-refractivity contribution in [3.05, 3.63) is 101 Å². The summed E-state index contributed by atoms with van der Waals surface area (Å²) in [4.78, 5) is 4.78. The number of nitrogens with one attached hydrogen (secondary N) is 1. The lowest BCUT2D eigenvalue weighted by Gasteiger charge is -2.33. The van der Waals surface area contributed by atoms with Gasteiger partial charge in [-0.3, -0.25) is 4.99 Å². The summed E-state index contributed by atoms with van der Waals surface area (Å²) in [6.07, 6.45) is 0. The summed E-state index contributed by atoms with van der Waals surface area (Å²) in [6.45, 7) is 3.80. The van der Waals surface area contributed by atoms with Gasteiger partial charge >= 0.3 is 0 Å². The molecule has 3 rings (SSSR count). The highest BCUT2D eigenvalue weighted by Gasteiger charge is 2.44. The van der Waals surface area contributed by atoms with Crippen molar-refractivity contribution in [2.24, 2.45) is 4.99 Å². The lowest BCUT2D eigenvalue weighted by Crippen LogP contribution is -2.44. The zero-order valence-electron chi connectivity index (χ0n) is 17.5. The second-order valence-corrected chi connectivity index (χ2v) is 11.0. The van der Waals surface area contributed by atoms with Gasteiger partial charge in [-0.15, -0.1) is 0 Å². The average molecular weight is 510 g/mol. The van der Waals surface area contributed by atoms with Crippen LogP contribution in [0.15, 0.2) is 94.8 Å². The SMILES string of the molecule is CC(C)N=C(c1ccccc1)C(Cl)(Cl)C(NS(=O)(=O)c1ccccc1)c1ccc(Cl)cc1. The molecule has 0 fully saturated rings. The molecule has 0 aliphatic rings. The first-order chi connectivity index (χ1) is 15.1. The Labute approximate surface area is 204 Å². The third-order valence-electron chi connectivity index (χ3n) is 4.64. The number of hydrogen-bond acceptors (Lipinski definition) is 3. The van der Waals surface area contributed by atoms with Crippen LogP contribution in [-0.4, -0.2) is 24.5 Å². The standard InChI is InChI=1S/C24H23Cl3N2O2S/c1-17(2)28-22(18-9-5-3-6-10-18)24(26,27)23(19-13-15-20(25)16-14-19)29-32(30,31)21-11-7-4-8-12-21/h3-17,23,29H,1-2H3. The summed E-state index contributed by atoms with van der Waals surface area (Å²) in [5, 5.41) is 0.507. The van der Waals surface area contributed by atoms with Crippen molar-refractivity contribution < 1.29 is 8.42 Å². The van der Waals surface area contributed by atoms with Crippen LogP contribution in [-0.2, 0) is 10.0 Å². The van der Waals surface area contributed by atoms with Crippen molar-refractivity contribution >= 4 is 50.5 Å². The van der Waals surface area contributed by atoms with E-state index in [0.29, 0.717) is 21.9 Å². The third kappa shape index (κ3) is 5.91. The molecule has 1 unspecified atom stereocenters. The molecule has 1 atom stereocenters. The molecule has 1 N–H and O–H groups in total. The van der Waals surface area contributed by atoms with Gasteiger partial charge in [0.1, 0.15) is 0 Å². The molecule has 0 aliphatic carbocycles. The van der Waals surface area contributed by atoms with E-state index >= 15 is 0 Å². The number of halogens is 3. The second-order valence-electron chi connectivity index (χ2n) is 7.48. The van der Waals surface area contributed by atoms with Gasteiger partial charge in [0.05, 0.1) is 16.6 Å². The number of benzene rings is 3. The van der Waals surface area contributed by atoms with Crippen LogP contribution in [0.5, 0.6) is 0 Å². The summed E-state index contributed by atoms with van der Waals surface area (Å²) in [7, 11) is -3.95. The maximum absolute atomic E-state index is 13.2. The predicted molar refractivity (Wildman–Crippen MR) is 134 cm³/mol. The van der Waals surface area contributed by atoms with E-state index in [4.69, 9.17) is 34.8 Å². The monoisotopic (exact) mass is 508 g/mol. The molecule has 0 amide bonds. The first-order valence-electron chi connectivity index (χ1n) is 9.95. The summed E-state index contributed by atoms with van der Waals surface area (Å²) < 4.78 is 27.4. The molecule has 3 aromatic carbocycles. The molecule has 0 aliphatic heterocycles. The highest BCUT2D eigenvalue weighted by molar-refractivity contribution is 7.89. The molecule has 0 heterocycles. The van der Waals surface area contributed by atoms with Gasteiger partial charge in [0.25, 0.3) is 0 Å². The van der Waals surface area contributed by atoms with Gasteiger partial charge in [0, 0.05) is 11.1 Å². The highest BCUT2D eigenvalue weighted by atomic mass is 35.5. The van der Waals surface area contributed by atoms with Crippen LogP contribution in [0.3, 0.4) is 0 Å². The van der Waals surface area contributed by atoms with Gasteiger partial charge in [-0.25, -0.2) is 13.1 Å². The van der Waals surface area contributed by atoms with Crippen LogP contribution in [0.25, 0.3) is 0 Å². The van der Waals surface area contributed by atoms with E-state index in [2.05, 4.69) is 9.71 Å². The van der Waals surface area contributed by atoms with Crippen molar-refractivity contribution in [2.45, 2.75) is 35.2 Å². The summed E-state index contributed by atoms with van der Waals surface area (Å²) in [5.41, 5.74) is 1.61. The van der Waals surface area contributed by atoms with Crippen molar-refractivity contribution in [3.8, 4) is 0 Å². The summed E-state index contributed by atoms with van der Waals surface area (Å²) in [5.74, 6) is 0. The molecule has 0 spiro atoms. The third-order valence-corrected chi connectivity index (χ3v) is 7.13. The molecule has 0 bridgehead atoms. The first kappa shape index (κ1) is 24.7. The van der Waals surface area contributed by atoms with Crippen LogP contribution in [0.2, 0.25) is 5.02 Å². The smallest absolute Gasteiger partial charge is 0.241 e. The fourth-order valence-electron chi connectivity index (χ4n) is 3.17. The van der Waals surface area contributed by atoms with Gasteiger partial charge in [-0.05, 0) is 49.2 Å². The molecule has 8 heteroatoms. The Morgan fingerprint density at radius 1 is 0.875 bits per heavy atom. The Hall–Kier alpha value is -1.89. The maximum Gasteiger partial charge on any atom is 0.241 e. The molecule has 0 saturated carbocycles. The Kier molecular flexibility index (Phi) is 8.01. The highest BCUT2D eigenvalue weighted by Crippen LogP contribution is 2.41. The number of hydrogen-bond donors (Lipinski definition) is 1. The minimum absolute atomic E-state index is 0.102. The van der Waals surface area contributed by atoms with E-state index in [0.717, 1.165) is 0 Å². The Morgan fingerprint density at radius 2 is 1.41 bits per heavy atom. The Morgan fingerprint density at radius 3 is 1.94 bits per heavy atom. The summed E-state index contributed by atoms with van der Waals surface area (Å²) in [6, 6.07) is 22.8. The van der Waals surface area contributed by atoms with Gasteiger partial charge in [-0.1, -0.05) is 95.5 Å². The predicted octanol–water partition coefficient (Wildman–Crippen LogP) is 6.43. The lowest BCUT2D eigenvalue weighted by molar-refractivity contribution is 0.554. The molecular formula is C24H23Cl3N2O2S. The fraction of sp³-hybridized carbons (Fsp3) is 0.208. The zero-order valence-corrected chi connectivity index (χ0v) is 20.6. The Balaban J connectivity index is 2.16. The van der Waals surface area contributed by atoms with Crippen LogP contribution in [0, 0.1) is 0 Å². The van der Waals surface area contributed by atoms with Crippen LogP contribution in [0.1, 0.15) is 31.0 Å². The average Bonchev–Trinajstić information content (AvgIpc) is 2.77. The molecule has 4 nitrogen and oxygen atoms in total. The number of alkyl halides is 2. The molecular weight excluding hydrogens is 487 g/mol. The molecule has 0 saturated heterocycles. The van der Waals surface area contributed by atoms with E-state index in [1.165, 1.54) is 12.1 Å². The van der Waals surface area contributed by atoms with Gasteiger partial charge in [0.15, 0.2) is 4.33 Å². The van der Waals surface area contributed by atoms with E-state index in [1.807, 2.05) is 44.2 Å². The number of sulfonamides is 1. The van der Waals surface area contributed by atoms with Crippen molar-refractivity contribution in [1.82, 2.24) is 4.72 Å². The maximum atomic E-state index is 13.2. The van der Waals surface area contributed by atoms with Crippen LogP contribution >= 0.6 is 34.8 Å². The van der Waals surface area contributed by atoms with Gasteiger partial charge in [-0.2, -0.15) is 0 Å². The van der Waals surface area contributed by atoms with Crippen LogP contribution in [0.4, 0.5) is 0 Å². The second kappa shape index (κ2) is 10.4. The van der Waals surface area contributed by atoms with Crippen molar-refractivity contribution in [2.75, 3.05) is 0 Å². The molecule has 32 heavy (non-hydrogen) atoms. The largest absolute Gasteiger partial charge is 0.283 e. The lowest BCUT2D eigenvalue weighted by atomic mass is 9.96. The van der Waals surface area contributed by atoms with Gasteiger partial charge < -0.3 is 0 Å². The summed E-state index contributed by atoms with van der Waals surface area (Å²) >= 11 is 20.0. The molecule has 3 aromatic rings. The molecule has 0 aromatic heterocycles. The minimum Gasteiger partial charge on any atom is -0.283 e. The quantitative estimate of drug-likeness (QED) is 0.281. The van der Waals surface area contributed by atoms with E-state index in [1.54, 1.807) is 42.5 Å². The van der Waals surface area contributed by atoms with Gasteiger partial charge in [0.2, 0.25) is 10.0 Å². The molecule has 168 valence electrons. The zero-order chi connectivity index (χ0) is 23.4. The molecule has 0 radical (unpaired) electrons. The van der Waals surface area contributed by atoms with E-state index < -0.39 is 20.4 Å². The normalized spacial score (nSPS) is 13.9. The van der Waals surface area contributed by atoms with E-state index in [-0.39, 0.29) is 10.9 Å². The number of aliphatic imine (C=N–C) groups is 1. The minimum atomic E-state index is -3.95. The fourth-order valence-corrected chi connectivity index (χ4v) is 5.38. The van der Waals surface area contributed by atoms with Crippen molar-refractivity contribution in [1.29, 1.82) is 0 Å². The van der Waals surface area contributed by atoms with Crippen molar-refractivity contribution in [3.63, 3.8) is 0 Å². The first-order valence-corrected chi connectivity index (χ1v) is 12.6. The number of nitrogens with zero attached hydrogens (tertiary/aromatic N) is 1.